The highest BCUT2D eigenvalue weighted by Gasteiger charge is 2.28. The first-order valence-electron chi connectivity index (χ1n) is 8.42. The normalized spacial score (nSPS) is 12.1. The second-order valence-electron chi connectivity index (χ2n) is 6.60. The smallest absolute Gasteiger partial charge is 0.305 e. The van der Waals surface area contributed by atoms with Crippen LogP contribution < -0.4 is 5.56 Å². The van der Waals surface area contributed by atoms with Gasteiger partial charge in [-0.25, -0.2) is 0 Å². The first kappa shape index (κ1) is 19.6. The lowest BCUT2D eigenvalue weighted by molar-refractivity contribution is 0.138. The van der Waals surface area contributed by atoms with Gasteiger partial charge in [-0.1, -0.05) is 24.3 Å². The Morgan fingerprint density at radius 1 is 1.04 bits per heavy atom. The average molecular weight is 363 g/mol. The second-order valence-corrected chi connectivity index (χ2v) is 8.53. The SMILES string of the molecule is Cc1ccccc1-c1ccn(CP(=O)(OC(C)C)OC(C)C)c(=O)c1. The molecule has 0 N–H and O–H groups in total. The van der Waals surface area contributed by atoms with Crippen molar-refractivity contribution in [3.63, 3.8) is 0 Å². The van der Waals surface area contributed by atoms with E-state index >= 15 is 0 Å². The third kappa shape index (κ3) is 5.40. The Labute approximate surface area is 149 Å². The monoisotopic (exact) mass is 363 g/mol. The first-order valence-corrected chi connectivity index (χ1v) is 10.2. The molecule has 0 atom stereocenters. The Kier molecular flexibility index (Phi) is 6.39. The fourth-order valence-electron chi connectivity index (χ4n) is 2.61. The van der Waals surface area contributed by atoms with E-state index in [2.05, 4.69) is 0 Å². The molecule has 0 unspecified atom stereocenters. The van der Waals surface area contributed by atoms with Crippen molar-refractivity contribution in [2.45, 2.75) is 53.1 Å². The molecule has 0 bridgehead atoms. The van der Waals surface area contributed by atoms with E-state index in [-0.39, 0.29) is 24.1 Å². The van der Waals surface area contributed by atoms with E-state index in [1.165, 1.54) is 4.57 Å². The van der Waals surface area contributed by atoms with Crippen LogP contribution in [-0.4, -0.2) is 16.8 Å². The summed E-state index contributed by atoms with van der Waals surface area (Å²) < 4.78 is 25.4. The summed E-state index contributed by atoms with van der Waals surface area (Å²) in [5, 5.41) is 0. The van der Waals surface area contributed by atoms with E-state index in [0.717, 1.165) is 16.7 Å². The minimum atomic E-state index is -3.41. The maximum atomic E-state index is 13.0. The van der Waals surface area contributed by atoms with Crippen molar-refractivity contribution in [2.75, 3.05) is 0 Å². The van der Waals surface area contributed by atoms with Gasteiger partial charge >= 0.3 is 7.60 Å². The molecule has 0 amide bonds. The number of hydrogen-bond donors (Lipinski definition) is 0. The minimum absolute atomic E-state index is 0.101. The Morgan fingerprint density at radius 3 is 2.16 bits per heavy atom. The van der Waals surface area contributed by atoms with Crippen LogP contribution in [0.15, 0.2) is 47.4 Å². The number of aryl methyl sites for hydroxylation is 1. The number of hydrogen-bond acceptors (Lipinski definition) is 4. The number of nitrogens with zero attached hydrogens (tertiary/aromatic N) is 1. The second kappa shape index (κ2) is 8.13. The predicted octanol–water partition coefficient (Wildman–Crippen LogP) is 4.82. The minimum Gasteiger partial charge on any atom is -0.305 e. The van der Waals surface area contributed by atoms with Gasteiger partial charge < -0.3 is 13.6 Å². The topological polar surface area (TPSA) is 57.5 Å². The summed E-state index contributed by atoms with van der Waals surface area (Å²) in [5.74, 6) is 0. The van der Waals surface area contributed by atoms with Gasteiger partial charge in [0, 0.05) is 12.3 Å². The zero-order valence-corrected chi connectivity index (χ0v) is 16.3. The van der Waals surface area contributed by atoms with Gasteiger partial charge in [0.15, 0.2) is 0 Å². The lowest BCUT2D eigenvalue weighted by Crippen LogP contribution is -2.21. The van der Waals surface area contributed by atoms with Crippen LogP contribution in [0.5, 0.6) is 0 Å². The molecule has 6 heteroatoms. The van der Waals surface area contributed by atoms with Gasteiger partial charge in [-0.3, -0.25) is 9.36 Å². The molecule has 25 heavy (non-hydrogen) atoms. The van der Waals surface area contributed by atoms with Crippen molar-refractivity contribution in [1.82, 2.24) is 4.57 Å². The molecule has 2 aromatic rings. The van der Waals surface area contributed by atoms with Crippen molar-refractivity contribution in [1.29, 1.82) is 0 Å². The molecule has 0 fully saturated rings. The van der Waals surface area contributed by atoms with Gasteiger partial charge in [0.05, 0.1) is 12.2 Å². The van der Waals surface area contributed by atoms with Crippen molar-refractivity contribution < 1.29 is 13.6 Å². The van der Waals surface area contributed by atoms with E-state index in [1.807, 2.05) is 37.3 Å². The van der Waals surface area contributed by atoms with Crippen molar-refractivity contribution in [3.05, 3.63) is 58.5 Å². The van der Waals surface area contributed by atoms with E-state index < -0.39 is 7.60 Å². The van der Waals surface area contributed by atoms with Crippen LogP contribution >= 0.6 is 7.60 Å². The summed E-state index contributed by atoms with van der Waals surface area (Å²) in [4.78, 5) is 12.5. The molecule has 0 saturated carbocycles. The summed E-state index contributed by atoms with van der Waals surface area (Å²) in [7, 11) is -3.41. The fraction of sp³-hybridized carbons (Fsp3) is 0.421. The number of rotatable bonds is 7. The third-order valence-corrected chi connectivity index (χ3v) is 5.66. The van der Waals surface area contributed by atoms with Crippen LogP contribution in [0.4, 0.5) is 0 Å². The first-order chi connectivity index (χ1) is 11.7. The third-order valence-electron chi connectivity index (χ3n) is 3.52. The zero-order chi connectivity index (χ0) is 18.6. The summed E-state index contributed by atoms with van der Waals surface area (Å²) in [6, 6.07) is 11.3. The molecule has 136 valence electrons. The van der Waals surface area contributed by atoms with Crippen molar-refractivity contribution >= 4 is 7.60 Å². The fourth-order valence-corrected chi connectivity index (χ4v) is 4.68. The van der Waals surface area contributed by atoms with Crippen LogP contribution in [0.1, 0.15) is 33.3 Å². The molecular weight excluding hydrogens is 337 g/mol. The van der Waals surface area contributed by atoms with Gasteiger partial charge in [0.2, 0.25) is 0 Å². The highest BCUT2D eigenvalue weighted by molar-refractivity contribution is 7.52. The van der Waals surface area contributed by atoms with Gasteiger partial charge in [0.25, 0.3) is 5.56 Å². The van der Waals surface area contributed by atoms with E-state index in [0.29, 0.717) is 0 Å². The lowest BCUT2D eigenvalue weighted by Gasteiger charge is -2.23. The maximum absolute atomic E-state index is 13.0. The number of aromatic nitrogens is 1. The highest BCUT2D eigenvalue weighted by Crippen LogP contribution is 2.51. The molecule has 0 aliphatic heterocycles. The molecule has 2 rings (SSSR count). The van der Waals surface area contributed by atoms with Gasteiger partial charge in [-0.05, 0) is 57.4 Å². The van der Waals surface area contributed by atoms with Gasteiger partial charge in [-0.15, -0.1) is 0 Å². The summed E-state index contributed by atoms with van der Waals surface area (Å²) >= 11 is 0. The average Bonchev–Trinajstić information content (AvgIpc) is 2.48. The molecule has 5 nitrogen and oxygen atoms in total. The lowest BCUT2D eigenvalue weighted by atomic mass is 10.0. The van der Waals surface area contributed by atoms with E-state index in [1.54, 1.807) is 40.0 Å². The van der Waals surface area contributed by atoms with Crippen molar-refractivity contribution in [3.8, 4) is 11.1 Å². The quantitative estimate of drug-likeness (QED) is 0.662. The van der Waals surface area contributed by atoms with Crippen LogP contribution in [0, 0.1) is 6.92 Å². The highest BCUT2D eigenvalue weighted by atomic mass is 31.2. The predicted molar refractivity (Wildman–Crippen MR) is 101 cm³/mol. The largest absolute Gasteiger partial charge is 0.350 e. The molecule has 0 aliphatic rings. The Balaban J connectivity index is 2.32. The summed E-state index contributed by atoms with van der Waals surface area (Å²) in [6.45, 7) is 9.17. The van der Waals surface area contributed by atoms with E-state index in [4.69, 9.17) is 9.05 Å². The summed E-state index contributed by atoms with van der Waals surface area (Å²) in [6.07, 6.45) is 1.03. The van der Waals surface area contributed by atoms with Gasteiger partial charge in [-0.2, -0.15) is 0 Å². The molecule has 1 heterocycles. The van der Waals surface area contributed by atoms with Crippen LogP contribution in [0.2, 0.25) is 0 Å². The van der Waals surface area contributed by atoms with E-state index in [9.17, 15) is 9.36 Å². The zero-order valence-electron chi connectivity index (χ0n) is 15.4. The van der Waals surface area contributed by atoms with Crippen LogP contribution in [-0.2, 0) is 19.9 Å². The Morgan fingerprint density at radius 2 is 1.64 bits per heavy atom. The summed E-state index contributed by atoms with van der Waals surface area (Å²) in [5.41, 5.74) is 2.70. The number of pyridine rings is 1. The maximum Gasteiger partial charge on any atom is 0.350 e. The number of benzene rings is 1. The Hall–Kier alpha value is -1.68. The van der Waals surface area contributed by atoms with Crippen LogP contribution in [0.25, 0.3) is 11.1 Å². The van der Waals surface area contributed by atoms with Crippen molar-refractivity contribution in [2.24, 2.45) is 0 Å². The van der Waals surface area contributed by atoms with Crippen LogP contribution in [0.3, 0.4) is 0 Å². The molecular formula is C19H26NO4P. The van der Waals surface area contributed by atoms with Gasteiger partial charge in [0.1, 0.15) is 6.29 Å². The Bertz CT molecular complexity index is 812. The molecule has 1 aromatic carbocycles. The molecule has 0 radical (unpaired) electrons. The molecule has 0 spiro atoms. The molecule has 1 aromatic heterocycles. The standard InChI is InChI=1S/C19H26NO4P/c1-14(2)23-25(22,24-15(3)4)13-20-11-10-17(12-19(20)21)18-9-7-6-8-16(18)5/h6-12,14-15H,13H2,1-5H3. The molecule has 0 saturated heterocycles. The molecule has 0 aliphatic carbocycles.